The molecule has 1 aromatic heterocycles. The van der Waals surface area contributed by atoms with Crippen LogP contribution in [0.4, 0.5) is 0 Å². The molecule has 0 spiro atoms. The lowest BCUT2D eigenvalue weighted by molar-refractivity contribution is 0.532. The highest BCUT2D eigenvalue weighted by Gasteiger charge is 2.12. The van der Waals surface area contributed by atoms with Crippen molar-refractivity contribution in [3.63, 3.8) is 0 Å². The first-order chi connectivity index (χ1) is 5.75. The summed E-state index contributed by atoms with van der Waals surface area (Å²) >= 11 is 0. The van der Waals surface area contributed by atoms with Crippen LogP contribution >= 0.6 is 0 Å². The SMILES string of the molecule is CC[C@H](N)[C@@H](N)c1ccncc1. The van der Waals surface area contributed by atoms with Crippen LogP contribution in [0.5, 0.6) is 0 Å². The van der Waals surface area contributed by atoms with Crippen molar-refractivity contribution >= 4 is 0 Å². The summed E-state index contributed by atoms with van der Waals surface area (Å²) in [6.45, 7) is 2.03. The fourth-order valence-electron chi connectivity index (χ4n) is 1.09. The van der Waals surface area contributed by atoms with Crippen LogP contribution in [0.15, 0.2) is 24.5 Å². The Hall–Kier alpha value is -0.930. The van der Waals surface area contributed by atoms with E-state index in [0.717, 1.165) is 12.0 Å². The van der Waals surface area contributed by atoms with E-state index in [2.05, 4.69) is 4.98 Å². The summed E-state index contributed by atoms with van der Waals surface area (Å²) in [7, 11) is 0. The van der Waals surface area contributed by atoms with Gasteiger partial charge in [-0.3, -0.25) is 4.98 Å². The Labute approximate surface area is 72.8 Å². The topological polar surface area (TPSA) is 64.9 Å². The maximum atomic E-state index is 5.90. The quantitative estimate of drug-likeness (QED) is 0.697. The minimum Gasteiger partial charge on any atom is -0.326 e. The zero-order valence-corrected chi connectivity index (χ0v) is 7.27. The summed E-state index contributed by atoms with van der Waals surface area (Å²) in [5.41, 5.74) is 12.8. The molecule has 1 aromatic rings. The lowest BCUT2D eigenvalue weighted by atomic mass is 10.0. The van der Waals surface area contributed by atoms with Crippen LogP contribution in [-0.2, 0) is 0 Å². The average molecular weight is 165 g/mol. The maximum Gasteiger partial charge on any atom is 0.0449 e. The van der Waals surface area contributed by atoms with Gasteiger partial charge in [-0.2, -0.15) is 0 Å². The Bertz CT molecular complexity index is 222. The molecule has 3 nitrogen and oxygen atoms in total. The van der Waals surface area contributed by atoms with E-state index in [0.29, 0.717) is 0 Å². The third kappa shape index (κ3) is 2.03. The monoisotopic (exact) mass is 165 g/mol. The Kier molecular flexibility index (Phi) is 3.19. The van der Waals surface area contributed by atoms with Gasteiger partial charge >= 0.3 is 0 Å². The normalized spacial score (nSPS) is 15.6. The summed E-state index contributed by atoms with van der Waals surface area (Å²) in [4.78, 5) is 3.92. The molecule has 1 rings (SSSR count). The molecule has 66 valence electrons. The standard InChI is InChI=1S/C9H15N3/c1-2-8(10)9(11)7-3-5-12-6-4-7/h3-6,8-9H,2,10-11H2,1H3/t8-,9-/m0/s1. The zero-order valence-electron chi connectivity index (χ0n) is 7.27. The van der Waals surface area contributed by atoms with E-state index in [9.17, 15) is 0 Å². The lowest BCUT2D eigenvalue weighted by Crippen LogP contribution is -2.33. The summed E-state index contributed by atoms with van der Waals surface area (Å²) in [6, 6.07) is 3.77. The highest BCUT2D eigenvalue weighted by Crippen LogP contribution is 2.12. The molecule has 0 radical (unpaired) electrons. The molecule has 0 unspecified atom stereocenters. The smallest absolute Gasteiger partial charge is 0.0449 e. The lowest BCUT2D eigenvalue weighted by Gasteiger charge is -2.17. The van der Waals surface area contributed by atoms with Crippen LogP contribution in [-0.4, -0.2) is 11.0 Å². The van der Waals surface area contributed by atoms with E-state index in [1.54, 1.807) is 12.4 Å². The van der Waals surface area contributed by atoms with Crippen LogP contribution in [0.25, 0.3) is 0 Å². The largest absolute Gasteiger partial charge is 0.326 e. The average Bonchev–Trinajstić information content (AvgIpc) is 2.17. The summed E-state index contributed by atoms with van der Waals surface area (Å²) < 4.78 is 0. The van der Waals surface area contributed by atoms with E-state index in [4.69, 9.17) is 11.5 Å². The first-order valence-corrected chi connectivity index (χ1v) is 4.16. The molecule has 0 aromatic carbocycles. The van der Waals surface area contributed by atoms with Gasteiger partial charge in [0.05, 0.1) is 0 Å². The maximum absolute atomic E-state index is 5.90. The molecule has 0 saturated carbocycles. The first kappa shape index (κ1) is 9.16. The molecular formula is C9H15N3. The van der Waals surface area contributed by atoms with Gasteiger partial charge in [-0.05, 0) is 24.1 Å². The van der Waals surface area contributed by atoms with Gasteiger partial charge in [0.1, 0.15) is 0 Å². The minimum absolute atomic E-state index is 0.0346. The molecular weight excluding hydrogens is 150 g/mol. The van der Waals surface area contributed by atoms with Crippen molar-refractivity contribution in [1.29, 1.82) is 0 Å². The molecule has 0 saturated heterocycles. The van der Waals surface area contributed by atoms with Crippen molar-refractivity contribution in [2.24, 2.45) is 11.5 Å². The molecule has 0 bridgehead atoms. The second kappa shape index (κ2) is 4.18. The van der Waals surface area contributed by atoms with Crippen molar-refractivity contribution in [1.82, 2.24) is 4.98 Å². The van der Waals surface area contributed by atoms with Crippen molar-refractivity contribution in [2.75, 3.05) is 0 Å². The molecule has 2 atom stereocenters. The summed E-state index contributed by atoms with van der Waals surface area (Å²) in [5, 5.41) is 0. The van der Waals surface area contributed by atoms with E-state index in [1.807, 2.05) is 19.1 Å². The number of rotatable bonds is 3. The third-order valence-electron chi connectivity index (χ3n) is 2.02. The van der Waals surface area contributed by atoms with Crippen LogP contribution in [0.1, 0.15) is 24.9 Å². The van der Waals surface area contributed by atoms with Crippen LogP contribution in [0, 0.1) is 0 Å². The Morgan fingerprint density at radius 2 is 1.92 bits per heavy atom. The number of nitrogens with two attached hydrogens (primary N) is 2. The van der Waals surface area contributed by atoms with Gasteiger partial charge < -0.3 is 11.5 Å². The number of pyridine rings is 1. The second-order valence-electron chi connectivity index (χ2n) is 2.88. The molecule has 0 fully saturated rings. The van der Waals surface area contributed by atoms with Crippen molar-refractivity contribution in [2.45, 2.75) is 25.4 Å². The fourth-order valence-corrected chi connectivity index (χ4v) is 1.09. The minimum atomic E-state index is -0.0713. The van der Waals surface area contributed by atoms with Crippen LogP contribution < -0.4 is 11.5 Å². The molecule has 3 heteroatoms. The van der Waals surface area contributed by atoms with Gasteiger partial charge in [-0.25, -0.2) is 0 Å². The molecule has 0 aliphatic rings. The van der Waals surface area contributed by atoms with Gasteiger partial charge in [0.25, 0.3) is 0 Å². The number of nitrogens with zero attached hydrogens (tertiary/aromatic N) is 1. The van der Waals surface area contributed by atoms with Gasteiger partial charge in [0.15, 0.2) is 0 Å². The van der Waals surface area contributed by atoms with Crippen molar-refractivity contribution in [3.8, 4) is 0 Å². The van der Waals surface area contributed by atoms with Gasteiger partial charge in [-0.15, -0.1) is 0 Å². The predicted octanol–water partition coefficient (Wildman–Crippen LogP) is 0.819. The Balaban J connectivity index is 2.71. The number of hydrogen-bond donors (Lipinski definition) is 2. The van der Waals surface area contributed by atoms with Crippen molar-refractivity contribution in [3.05, 3.63) is 30.1 Å². The molecule has 12 heavy (non-hydrogen) atoms. The molecule has 0 aliphatic heterocycles. The van der Waals surface area contributed by atoms with Gasteiger partial charge in [0.2, 0.25) is 0 Å². The molecule has 0 aliphatic carbocycles. The zero-order chi connectivity index (χ0) is 8.97. The van der Waals surface area contributed by atoms with E-state index < -0.39 is 0 Å². The Morgan fingerprint density at radius 3 is 2.42 bits per heavy atom. The third-order valence-corrected chi connectivity index (χ3v) is 2.02. The van der Waals surface area contributed by atoms with Crippen LogP contribution in [0.2, 0.25) is 0 Å². The number of hydrogen-bond acceptors (Lipinski definition) is 3. The van der Waals surface area contributed by atoms with E-state index in [1.165, 1.54) is 0 Å². The first-order valence-electron chi connectivity index (χ1n) is 4.16. The fraction of sp³-hybridized carbons (Fsp3) is 0.444. The Morgan fingerprint density at radius 1 is 1.33 bits per heavy atom. The van der Waals surface area contributed by atoms with Gasteiger partial charge in [0, 0.05) is 24.5 Å². The van der Waals surface area contributed by atoms with E-state index >= 15 is 0 Å². The number of aromatic nitrogens is 1. The predicted molar refractivity (Wildman–Crippen MR) is 49.4 cm³/mol. The van der Waals surface area contributed by atoms with E-state index in [-0.39, 0.29) is 12.1 Å². The van der Waals surface area contributed by atoms with Crippen LogP contribution in [0.3, 0.4) is 0 Å². The highest BCUT2D eigenvalue weighted by atomic mass is 14.8. The molecule has 0 amide bonds. The molecule has 4 N–H and O–H groups in total. The summed E-state index contributed by atoms with van der Waals surface area (Å²) in [6.07, 6.45) is 4.36. The molecule has 1 heterocycles. The van der Waals surface area contributed by atoms with Gasteiger partial charge in [-0.1, -0.05) is 6.92 Å². The summed E-state index contributed by atoms with van der Waals surface area (Å²) in [5.74, 6) is 0. The highest BCUT2D eigenvalue weighted by molar-refractivity contribution is 5.16. The second-order valence-corrected chi connectivity index (χ2v) is 2.88. The van der Waals surface area contributed by atoms with Crippen molar-refractivity contribution < 1.29 is 0 Å².